The Morgan fingerprint density at radius 1 is 1.30 bits per heavy atom. The van der Waals surface area contributed by atoms with E-state index in [1.54, 1.807) is 6.92 Å². The molecule has 0 atom stereocenters. The van der Waals surface area contributed by atoms with Crippen LogP contribution in [0, 0.1) is 0 Å². The van der Waals surface area contributed by atoms with Crippen molar-refractivity contribution in [1.29, 1.82) is 0 Å². The number of benzene rings is 1. The molecule has 1 nitrogen and oxygen atoms in total. The Kier molecular flexibility index (Phi) is 4.10. The molecule has 0 unspecified atom stereocenters. The minimum absolute atomic E-state index is 0. The molecule has 0 fully saturated rings. The molecule has 0 aliphatic heterocycles. The molecule has 1 aromatic carbocycles. The molecule has 0 amide bonds. The maximum Gasteiger partial charge on any atom is 1.00 e. The second-order valence-electron chi connectivity index (χ2n) is 1.92. The van der Waals surface area contributed by atoms with E-state index in [1.165, 1.54) is 0 Å². The molecule has 2 heteroatoms. The summed E-state index contributed by atoms with van der Waals surface area (Å²) in [6.45, 7) is 1.56. The van der Waals surface area contributed by atoms with Crippen molar-refractivity contribution in [2.24, 2.45) is 0 Å². The van der Waals surface area contributed by atoms with Crippen LogP contribution in [0.5, 0.6) is 0 Å². The van der Waals surface area contributed by atoms with Gasteiger partial charge in [0.2, 0.25) is 0 Å². The van der Waals surface area contributed by atoms with Crippen LogP contribution in [0.3, 0.4) is 0 Å². The SMILES string of the molecule is CC(=O)c1ccccc1.[H-].[Li+]. The fraction of sp³-hybridized carbons (Fsp3) is 0.125. The molecule has 0 N–H and O–H groups in total. The standard InChI is InChI=1S/C8H8O.Li.H/c1-7(9)8-5-3-2-4-6-8;;/h2-6H,1H3;;/q;+1;-1. The summed E-state index contributed by atoms with van der Waals surface area (Å²) in [5.41, 5.74) is 0.775. The summed E-state index contributed by atoms with van der Waals surface area (Å²) in [4.78, 5) is 10.6. The fourth-order valence-electron chi connectivity index (χ4n) is 0.673. The number of ketones is 1. The predicted octanol–water partition coefficient (Wildman–Crippen LogP) is -0.994. The number of hydrogen-bond donors (Lipinski definition) is 0. The molecule has 0 heterocycles. The molecule has 1 aromatic rings. The summed E-state index contributed by atoms with van der Waals surface area (Å²) < 4.78 is 0. The molecule has 0 aliphatic rings. The van der Waals surface area contributed by atoms with Crippen molar-refractivity contribution in [2.45, 2.75) is 6.92 Å². The monoisotopic (exact) mass is 128 g/mol. The second-order valence-corrected chi connectivity index (χ2v) is 1.92. The Balaban J connectivity index is 0. The Morgan fingerprint density at radius 2 is 1.80 bits per heavy atom. The third-order valence-electron chi connectivity index (χ3n) is 1.18. The molecule has 0 aliphatic carbocycles. The van der Waals surface area contributed by atoms with Gasteiger partial charge in [-0.1, -0.05) is 30.3 Å². The van der Waals surface area contributed by atoms with Crippen LogP contribution in [0.1, 0.15) is 18.7 Å². The van der Waals surface area contributed by atoms with Crippen LogP contribution in [0.25, 0.3) is 0 Å². The summed E-state index contributed by atoms with van der Waals surface area (Å²) in [5.74, 6) is 0.121. The summed E-state index contributed by atoms with van der Waals surface area (Å²) >= 11 is 0. The molecule has 10 heavy (non-hydrogen) atoms. The number of carbonyl (C=O) groups excluding carboxylic acids is 1. The quantitative estimate of drug-likeness (QED) is 0.350. The van der Waals surface area contributed by atoms with Gasteiger partial charge in [0.1, 0.15) is 0 Å². The minimum atomic E-state index is 0. The average molecular weight is 128 g/mol. The molecule has 48 valence electrons. The van der Waals surface area contributed by atoms with Gasteiger partial charge in [-0.2, -0.15) is 0 Å². The molecule has 0 saturated carbocycles. The van der Waals surface area contributed by atoms with E-state index >= 15 is 0 Å². The Labute approximate surface area is 74.1 Å². The Bertz CT molecular complexity index is 211. The number of Topliss-reactive ketones (excluding diaryl/α,β-unsaturated/α-hetero) is 1. The predicted molar refractivity (Wildman–Crippen MR) is 37.6 cm³/mol. The van der Waals surface area contributed by atoms with Crippen LogP contribution < -0.4 is 18.9 Å². The van der Waals surface area contributed by atoms with Gasteiger partial charge in [-0.3, -0.25) is 4.79 Å². The molecular formula is C8H9LiO. The van der Waals surface area contributed by atoms with Crippen LogP contribution in [0.4, 0.5) is 0 Å². The van der Waals surface area contributed by atoms with E-state index < -0.39 is 0 Å². The molecule has 0 radical (unpaired) electrons. The van der Waals surface area contributed by atoms with Gasteiger partial charge in [0.25, 0.3) is 0 Å². The van der Waals surface area contributed by atoms with Gasteiger partial charge in [-0.05, 0) is 6.92 Å². The smallest absolute Gasteiger partial charge is 1.00 e. The van der Waals surface area contributed by atoms with Crippen LogP contribution in [0.15, 0.2) is 30.3 Å². The van der Waals surface area contributed by atoms with Gasteiger partial charge in [0, 0.05) is 5.56 Å². The zero-order valence-corrected chi connectivity index (χ0v) is 6.29. The summed E-state index contributed by atoms with van der Waals surface area (Å²) in [7, 11) is 0. The first-order chi connectivity index (χ1) is 4.30. The first-order valence-electron chi connectivity index (χ1n) is 2.86. The van der Waals surface area contributed by atoms with Gasteiger partial charge in [0.15, 0.2) is 5.78 Å². The number of hydrogen-bond acceptors (Lipinski definition) is 1. The fourth-order valence-corrected chi connectivity index (χ4v) is 0.673. The largest absolute Gasteiger partial charge is 1.00 e. The van der Waals surface area contributed by atoms with Crippen molar-refractivity contribution >= 4 is 5.78 Å². The summed E-state index contributed by atoms with van der Waals surface area (Å²) in [6.07, 6.45) is 0. The van der Waals surface area contributed by atoms with Crippen LogP contribution in [0.2, 0.25) is 0 Å². The van der Waals surface area contributed by atoms with Crippen molar-refractivity contribution in [2.75, 3.05) is 0 Å². The minimum Gasteiger partial charge on any atom is -1.00 e. The van der Waals surface area contributed by atoms with Gasteiger partial charge in [-0.25, -0.2) is 0 Å². The van der Waals surface area contributed by atoms with E-state index in [9.17, 15) is 4.79 Å². The zero-order chi connectivity index (χ0) is 6.69. The van der Waals surface area contributed by atoms with Gasteiger partial charge in [-0.15, -0.1) is 0 Å². The first-order valence-corrected chi connectivity index (χ1v) is 2.86. The second kappa shape index (κ2) is 4.33. The molecule has 0 aromatic heterocycles. The van der Waals surface area contributed by atoms with E-state index in [4.69, 9.17) is 0 Å². The molecule has 0 bridgehead atoms. The zero-order valence-electron chi connectivity index (χ0n) is 7.29. The van der Waals surface area contributed by atoms with Gasteiger partial charge in [0.05, 0.1) is 0 Å². The van der Waals surface area contributed by atoms with Crippen molar-refractivity contribution in [1.82, 2.24) is 0 Å². The molecular weight excluding hydrogens is 119 g/mol. The first kappa shape index (κ1) is 9.49. The Hall–Kier alpha value is -0.513. The normalized spacial score (nSPS) is 8.10. The third kappa shape index (κ3) is 2.39. The molecule has 0 saturated heterocycles. The van der Waals surface area contributed by atoms with E-state index in [-0.39, 0.29) is 26.1 Å². The van der Waals surface area contributed by atoms with Gasteiger partial charge < -0.3 is 1.43 Å². The van der Waals surface area contributed by atoms with Crippen molar-refractivity contribution < 1.29 is 25.1 Å². The topological polar surface area (TPSA) is 17.1 Å². The van der Waals surface area contributed by atoms with Crippen LogP contribution in [-0.2, 0) is 0 Å². The number of rotatable bonds is 1. The van der Waals surface area contributed by atoms with Crippen molar-refractivity contribution in [3.05, 3.63) is 35.9 Å². The number of carbonyl (C=O) groups is 1. The van der Waals surface area contributed by atoms with E-state index in [0.717, 1.165) is 5.56 Å². The van der Waals surface area contributed by atoms with E-state index in [0.29, 0.717) is 0 Å². The van der Waals surface area contributed by atoms with E-state index in [2.05, 4.69) is 0 Å². The third-order valence-corrected chi connectivity index (χ3v) is 1.18. The van der Waals surface area contributed by atoms with Crippen LogP contribution >= 0.6 is 0 Å². The van der Waals surface area contributed by atoms with E-state index in [1.807, 2.05) is 30.3 Å². The maximum atomic E-state index is 10.6. The van der Waals surface area contributed by atoms with Gasteiger partial charge >= 0.3 is 18.9 Å². The summed E-state index contributed by atoms with van der Waals surface area (Å²) in [5, 5.41) is 0. The van der Waals surface area contributed by atoms with Crippen molar-refractivity contribution in [3.8, 4) is 0 Å². The van der Waals surface area contributed by atoms with Crippen LogP contribution in [-0.4, -0.2) is 5.78 Å². The Morgan fingerprint density at radius 3 is 2.10 bits per heavy atom. The van der Waals surface area contributed by atoms with Crippen molar-refractivity contribution in [3.63, 3.8) is 0 Å². The summed E-state index contributed by atoms with van der Waals surface area (Å²) in [6, 6.07) is 9.23. The maximum absolute atomic E-state index is 10.6. The molecule has 0 spiro atoms. The molecule has 1 rings (SSSR count). The average Bonchev–Trinajstić information content (AvgIpc) is 1.90.